The van der Waals surface area contributed by atoms with Crippen molar-refractivity contribution in [3.05, 3.63) is 47.4 Å². The zero-order valence-electron chi connectivity index (χ0n) is 14.2. The van der Waals surface area contributed by atoms with Crippen LogP contribution in [0.4, 0.5) is 5.13 Å². The molecule has 1 aromatic carbocycles. The fourth-order valence-corrected chi connectivity index (χ4v) is 3.27. The van der Waals surface area contributed by atoms with Gasteiger partial charge in [-0.25, -0.2) is 4.98 Å². The number of hydrogen-bond donors (Lipinski definition) is 1. The van der Waals surface area contributed by atoms with E-state index in [2.05, 4.69) is 34.3 Å². The Labute approximate surface area is 150 Å². The van der Waals surface area contributed by atoms with Crippen molar-refractivity contribution in [1.29, 1.82) is 0 Å². The lowest BCUT2D eigenvalue weighted by atomic mass is 10.1. The fourth-order valence-electron chi connectivity index (χ4n) is 2.30. The number of aryl methyl sites for hydroxylation is 1. The average molecular weight is 356 g/mol. The van der Waals surface area contributed by atoms with Crippen molar-refractivity contribution < 1.29 is 9.21 Å². The normalized spacial score (nSPS) is 11.0. The van der Waals surface area contributed by atoms with Gasteiger partial charge in [0, 0.05) is 24.8 Å². The first-order valence-electron chi connectivity index (χ1n) is 8.22. The maximum Gasteiger partial charge on any atom is 0.226 e. The molecule has 6 nitrogen and oxygen atoms in total. The van der Waals surface area contributed by atoms with Crippen molar-refractivity contribution in [2.45, 2.75) is 33.1 Å². The van der Waals surface area contributed by atoms with E-state index in [1.54, 1.807) is 6.20 Å². The third-order valence-electron chi connectivity index (χ3n) is 3.47. The number of hydrogen-bond acceptors (Lipinski definition) is 6. The largest absolute Gasteiger partial charge is 0.441 e. The molecule has 0 unspecified atom stereocenters. The first kappa shape index (κ1) is 17.3. The summed E-state index contributed by atoms with van der Waals surface area (Å²) in [5, 5.41) is 12.3. The molecule has 0 aliphatic heterocycles. The molecule has 25 heavy (non-hydrogen) atoms. The van der Waals surface area contributed by atoms with Crippen molar-refractivity contribution in [3.63, 3.8) is 0 Å². The second-order valence-corrected chi connectivity index (χ2v) is 7.19. The molecular weight excluding hydrogens is 336 g/mol. The maximum absolute atomic E-state index is 12.1. The van der Waals surface area contributed by atoms with Gasteiger partial charge in [-0.1, -0.05) is 55.5 Å². The van der Waals surface area contributed by atoms with Crippen LogP contribution in [0.15, 0.2) is 40.9 Å². The first-order valence-corrected chi connectivity index (χ1v) is 9.04. The van der Waals surface area contributed by atoms with Gasteiger partial charge in [-0.3, -0.25) is 4.79 Å². The van der Waals surface area contributed by atoms with Crippen LogP contribution in [0.3, 0.4) is 0 Å². The Bertz CT molecular complexity index is 826. The SMILES string of the molecule is CC(C)Cc1nnc(NC(=O)CCc2ncc(-c3ccccc3)o2)s1. The summed E-state index contributed by atoms with van der Waals surface area (Å²) < 4.78 is 5.70. The Balaban J connectivity index is 1.51. The minimum absolute atomic E-state index is 0.119. The number of aromatic nitrogens is 3. The third kappa shape index (κ3) is 4.96. The van der Waals surface area contributed by atoms with Crippen LogP contribution in [0.5, 0.6) is 0 Å². The monoisotopic (exact) mass is 356 g/mol. The molecule has 1 amide bonds. The Morgan fingerprint density at radius 1 is 1.24 bits per heavy atom. The highest BCUT2D eigenvalue weighted by Gasteiger charge is 2.12. The highest BCUT2D eigenvalue weighted by molar-refractivity contribution is 7.15. The molecule has 0 radical (unpaired) electrons. The van der Waals surface area contributed by atoms with Crippen LogP contribution in [0.2, 0.25) is 0 Å². The lowest BCUT2D eigenvalue weighted by Gasteiger charge is -1.99. The molecule has 0 saturated heterocycles. The van der Waals surface area contributed by atoms with Gasteiger partial charge in [0.2, 0.25) is 11.0 Å². The number of rotatable bonds is 7. The van der Waals surface area contributed by atoms with E-state index >= 15 is 0 Å². The fraction of sp³-hybridized carbons (Fsp3) is 0.333. The molecule has 3 rings (SSSR count). The lowest BCUT2D eigenvalue weighted by molar-refractivity contribution is -0.116. The number of amides is 1. The van der Waals surface area contributed by atoms with E-state index < -0.39 is 0 Å². The van der Waals surface area contributed by atoms with E-state index in [-0.39, 0.29) is 12.3 Å². The number of anilines is 1. The van der Waals surface area contributed by atoms with Crippen molar-refractivity contribution in [3.8, 4) is 11.3 Å². The van der Waals surface area contributed by atoms with Gasteiger partial charge in [0.15, 0.2) is 11.7 Å². The maximum atomic E-state index is 12.1. The van der Waals surface area contributed by atoms with Crippen molar-refractivity contribution in [2.24, 2.45) is 5.92 Å². The molecule has 0 aliphatic carbocycles. The summed E-state index contributed by atoms with van der Waals surface area (Å²) in [5.74, 6) is 1.65. The zero-order chi connectivity index (χ0) is 17.6. The number of carbonyl (C=O) groups is 1. The van der Waals surface area contributed by atoms with Crippen LogP contribution in [0.1, 0.15) is 31.2 Å². The first-order chi connectivity index (χ1) is 12.1. The van der Waals surface area contributed by atoms with Crippen molar-refractivity contribution >= 4 is 22.4 Å². The molecule has 7 heteroatoms. The van der Waals surface area contributed by atoms with E-state index in [1.807, 2.05) is 30.3 Å². The standard InChI is InChI=1S/C18H20N4O2S/c1-12(2)10-17-21-22-18(25-17)20-15(23)8-9-16-19-11-14(24-16)13-6-4-3-5-7-13/h3-7,11-12H,8-10H2,1-2H3,(H,20,22,23). The average Bonchev–Trinajstić information content (AvgIpc) is 3.23. The van der Waals surface area contributed by atoms with E-state index in [9.17, 15) is 4.79 Å². The summed E-state index contributed by atoms with van der Waals surface area (Å²) in [6, 6.07) is 9.76. The predicted octanol–water partition coefficient (Wildman–Crippen LogP) is 3.96. The molecule has 0 saturated carbocycles. The molecular formula is C18H20N4O2S. The van der Waals surface area contributed by atoms with Crippen LogP contribution < -0.4 is 5.32 Å². The number of oxazole rings is 1. The van der Waals surface area contributed by atoms with Crippen LogP contribution >= 0.6 is 11.3 Å². The van der Waals surface area contributed by atoms with E-state index in [0.29, 0.717) is 29.1 Å². The van der Waals surface area contributed by atoms with Gasteiger partial charge in [-0.2, -0.15) is 0 Å². The highest BCUT2D eigenvalue weighted by atomic mass is 32.1. The molecule has 2 aromatic heterocycles. The summed E-state index contributed by atoms with van der Waals surface area (Å²) in [4.78, 5) is 16.3. The smallest absolute Gasteiger partial charge is 0.226 e. The summed E-state index contributed by atoms with van der Waals surface area (Å²) >= 11 is 1.42. The van der Waals surface area contributed by atoms with Gasteiger partial charge < -0.3 is 9.73 Å². The van der Waals surface area contributed by atoms with Crippen molar-refractivity contribution in [2.75, 3.05) is 5.32 Å². The second kappa shape index (κ2) is 8.02. The molecule has 3 aromatic rings. The second-order valence-electron chi connectivity index (χ2n) is 6.13. The number of benzene rings is 1. The van der Waals surface area contributed by atoms with E-state index in [0.717, 1.165) is 17.0 Å². The number of carbonyl (C=O) groups excluding carboxylic acids is 1. The van der Waals surface area contributed by atoms with Gasteiger partial charge in [-0.05, 0) is 5.92 Å². The highest BCUT2D eigenvalue weighted by Crippen LogP contribution is 2.21. The minimum atomic E-state index is -0.119. The number of nitrogens with zero attached hydrogens (tertiary/aromatic N) is 3. The predicted molar refractivity (Wildman–Crippen MR) is 97.3 cm³/mol. The molecule has 2 heterocycles. The van der Waals surface area contributed by atoms with Crippen LogP contribution in [-0.2, 0) is 17.6 Å². The van der Waals surface area contributed by atoms with Crippen LogP contribution in [0.25, 0.3) is 11.3 Å². The molecule has 1 N–H and O–H groups in total. The Kier molecular flexibility index (Phi) is 5.55. The quantitative estimate of drug-likeness (QED) is 0.693. The van der Waals surface area contributed by atoms with Gasteiger partial charge >= 0.3 is 0 Å². The van der Waals surface area contributed by atoms with Crippen LogP contribution in [-0.4, -0.2) is 21.1 Å². The summed E-state index contributed by atoms with van der Waals surface area (Å²) in [5.41, 5.74) is 0.970. The minimum Gasteiger partial charge on any atom is -0.441 e. The number of nitrogens with one attached hydrogen (secondary N) is 1. The topological polar surface area (TPSA) is 80.9 Å². The molecule has 0 bridgehead atoms. The third-order valence-corrected chi connectivity index (χ3v) is 4.33. The van der Waals surface area contributed by atoms with Crippen molar-refractivity contribution in [1.82, 2.24) is 15.2 Å². The summed E-state index contributed by atoms with van der Waals surface area (Å²) in [7, 11) is 0. The zero-order valence-corrected chi connectivity index (χ0v) is 15.0. The lowest BCUT2D eigenvalue weighted by Crippen LogP contribution is -2.12. The summed E-state index contributed by atoms with van der Waals surface area (Å²) in [6.45, 7) is 4.25. The van der Waals surface area contributed by atoms with Gasteiger partial charge in [0.25, 0.3) is 0 Å². The van der Waals surface area contributed by atoms with Gasteiger partial charge in [-0.15, -0.1) is 10.2 Å². The molecule has 0 aliphatic rings. The molecule has 0 atom stereocenters. The van der Waals surface area contributed by atoms with Gasteiger partial charge in [0.05, 0.1) is 6.20 Å². The Morgan fingerprint density at radius 2 is 2.04 bits per heavy atom. The van der Waals surface area contributed by atoms with E-state index in [1.165, 1.54) is 11.3 Å². The molecule has 0 fully saturated rings. The van der Waals surface area contributed by atoms with E-state index in [4.69, 9.17) is 4.42 Å². The van der Waals surface area contributed by atoms with Crippen LogP contribution in [0, 0.1) is 5.92 Å². The molecule has 130 valence electrons. The van der Waals surface area contributed by atoms with Gasteiger partial charge in [0.1, 0.15) is 5.01 Å². The summed E-state index contributed by atoms with van der Waals surface area (Å²) in [6.07, 6.45) is 3.28. The Hall–Kier alpha value is -2.54. The molecule has 0 spiro atoms. The Morgan fingerprint density at radius 3 is 2.80 bits per heavy atom.